The number of methoxy groups -OCH3 is 1. The Morgan fingerprint density at radius 1 is 1.32 bits per heavy atom. The van der Waals surface area contributed by atoms with E-state index in [1.807, 2.05) is 0 Å². The average molecular weight is 280 g/mol. The number of hydrogen-bond acceptors (Lipinski definition) is 3. The van der Waals surface area contributed by atoms with E-state index in [4.69, 9.17) is 16.3 Å². The molecule has 2 rings (SSSR count). The molecule has 0 aliphatic carbocycles. The van der Waals surface area contributed by atoms with Crippen LogP contribution in [0.3, 0.4) is 0 Å². The van der Waals surface area contributed by atoms with Crippen molar-refractivity contribution >= 4 is 17.6 Å². The zero-order valence-corrected chi connectivity index (χ0v) is 11.4. The minimum atomic E-state index is -0.911. The molecule has 1 atom stereocenters. The summed E-state index contributed by atoms with van der Waals surface area (Å²) in [5, 5.41) is 11.0. The van der Waals surface area contributed by atoms with Crippen molar-refractivity contribution < 1.29 is 14.6 Å². The Hall–Kier alpha value is -1.78. The number of hydrogen-bond donors (Lipinski definition) is 1. The predicted molar refractivity (Wildman–Crippen MR) is 72.3 cm³/mol. The summed E-state index contributed by atoms with van der Waals surface area (Å²) in [6, 6.07) is 8.46. The van der Waals surface area contributed by atoms with Crippen molar-refractivity contribution in [3.05, 3.63) is 58.4 Å². The Bertz CT molecular complexity index is 589. The number of halogens is 1. The molecule has 1 unspecified atom stereocenters. The van der Waals surface area contributed by atoms with Crippen molar-refractivity contribution in [3.63, 3.8) is 0 Å². The van der Waals surface area contributed by atoms with Crippen LogP contribution in [0.5, 0.6) is 0 Å². The van der Waals surface area contributed by atoms with E-state index < -0.39 is 12.1 Å². The van der Waals surface area contributed by atoms with Gasteiger partial charge in [-0.15, -0.1) is 0 Å². The second kappa shape index (κ2) is 5.47. The van der Waals surface area contributed by atoms with Gasteiger partial charge < -0.3 is 14.4 Å². The van der Waals surface area contributed by atoms with Gasteiger partial charge in [0.15, 0.2) is 0 Å². The standard InChI is InChI=1S/C14H14ClNO3/c1-16-8-7-11(14(18)19-2)12(16)13(17)9-3-5-10(15)6-4-9/h3-8,13,17H,1-2H3. The molecule has 5 heteroatoms. The topological polar surface area (TPSA) is 51.5 Å². The number of aliphatic hydroxyl groups is 1. The van der Waals surface area contributed by atoms with Crippen LogP contribution in [0.25, 0.3) is 0 Å². The molecule has 0 saturated carbocycles. The lowest BCUT2D eigenvalue weighted by molar-refractivity contribution is 0.0594. The third-order valence-electron chi connectivity index (χ3n) is 2.97. The molecule has 0 saturated heterocycles. The molecule has 0 radical (unpaired) electrons. The van der Waals surface area contributed by atoms with Crippen LogP contribution in [-0.4, -0.2) is 22.8 Å². The number of carbonyl (C=O) groups excluding carboxylic acids is 1. The number of esters is 1. The highest BCUT2D eigenvalue weighted by Gasteiger charge is 2.22. The van der Waals surface area contributed by atoms with Crippen LogP contribution >= 0.6 is 11.6 Å². The van der Waals surface area contributed by atoms with E-state index in [2.05, 4.69) is 0 Å². The van der Waals surface area contributed by atoms with E-state index in [0.717, 1.165) is 0 Å². The molecule has 0 aliphatic heterocycles. The summed E-state index contributed by atoms with van der Waals surface area (Å²) in [6.07, 6.45) is 0.798. The second-order valence-electron chi connectivity index (χ2n) is 4.17. The highest BCUT2D eigenvalue weighted by atomic mass is 35.5. The van der Waals surface area contributed by atoms with Crippen molar-refractivity contribution in [1.29, 1.82) is 0 Å². The normalized spacial score (nSPS) is 12.2. The lowest BCUT2D eigenvalue weighted by Gasteiger charge is -2.14. The molecule has 1 aromatic carbocycles. The van der Waals surface area contributed by atoms with E-state index >= 15 is 0 Å². The number of nitrogens with zero attached hydrogens (tertiary/aromatic N) is 1. The van der Waals surface area contributed by atoms with Crippen molar-refractivity contribution in [3.8, 4) is 0 Å². The molecule has 4 nitrogen and oxygen atoms in total. The first kappa shape index (κ1) is 13.6. The monoisotopic (exact) mass is 279 g/mol. The van der Waals surface area contributed by atoms with Gasteiger partial charge in [-0.05, 0) is 23.8 Å². The fourth-order valence-corrected chi connectivity index (χ4v) is 2.09. The van der Waals surface area contributed by atoms with E-state index in [1.54, 1.807) is 48.1 Å². The number of aliphatic hydroxyl groups excluding tert-OH is 1. The third-order valence-corrected chi connectivity index (χ3v) is 3.22. The van der Waals surface area contributed by atoms with Gasteiger partial charge in [0, 0.05) is 18.3 Å². The van der Waals surface area contributed by atoms with E-state index in [0.29, 0.717) is 21.8 Å². The van der Waals surface area contributed by atoms with Gasteiger partial charge in [0.1, 0.15) is 6.10 Å². The first-order valence-corrected chi connectivity index (χ1v) is 6.09. The maximum Gasteiger partial charge on any atom is 0.339 e. The Labute approximate surface area is 116 Å². The van der Waals surface area contributed by atoms with Gasteiger partial charge in [-0.3, -0.25) is 0 Å². The van der Waals surface area contributed by atoms with E-state index in [9.17, 15) is 9.90 Å². The summed E-state index contributed by atoms with van der Waals surface area (Å²) in [5.41, 5.74) is 1.51. The van der Waals surface area contributed by atoms with Crippen LogP contribution in [0.2, 0.25) is 5.02 Å². The number of aryl methyl sites for hydroxylation is 1. The smallest absolute Gasteiger partial charge is 0.339 e. The van der Waals surface area contributed by atoms with Gasteiger partial charge in [-0.25, -0.2) is 4.79 Å². The molecular weight excluding hydrogens is 266 g/mol. The van der Waals surface area contributed by atoms with Gasteiger partial charge in [0.2, 0.25) is 0 Å². The molecule has 100 valence electrons. The van der Waals surface area contributed by atoms with Crippen molar-refractivity contribution in [2.45, 2.75) is 6.10 Å². The molecule has 19 heavy (non-hydrogen) atoms. The quantitative estimate of drug-likeness (QED) is 0.879. The molecule has 0 aliphatic rings. The molecule has 0 amide bonds. The third kappa shape index (κ3) is 2.64. The number of aromatic nitrogens is 1. The molecule has 0 spiro atoms. The van der Waals surface area contributed by atoms with Crippen molar-refractivity contribution in [2.75, 3.05) is 7.11 Å². The van der Waals surface area contributed by atoms with Gasteiger partial charge in [-0.1, -0.05) is 23.7 Å². The van der Waals surface area contributed by atoms with Gasteiger partial charge in [0.05, 0.1) is 18.4 Å². The zero-order valence-electron chi connectivity index (χ0n) is 10.6. The first-order valence-electron chi connectivity index (χ1n) is 5.71. The van der Waals surface area contributed by atoms with Gasteiger partial charge in [0.25, 0.3) is 0 Å². The minimum absolute atomic E-state index is 0.354. The predicted octanol–water partition coefficient (Wildman–Crippen LogP) is 2.55. The van der Waals surface area contributed by atoms with Crippen LogP contribution in [-0.2, 0) is 11.8 Å². The van der Waals surface area contributed by atoms with Crippen LogP contribution < -0.4 is 0 Å². The molecule has 2 aromatic rings. The summed E-state index contributed by atoms with van der Waals surface area (Å²) >= 11 is 5.82. The van der Waals surface area contributed by atoms with E-state index in [-0.39, 0.29) is 0 Å². The van der Waals surface area contributed by atoms with Crippen LogP contribution in [0.4, 0.5) is 0 Å². The summed E-state index contributed by atoms with van der Waals surface area (Å²) in [4.78, 5) is 11.7. The molecular formula is C14H14ClNO3. The summed E-state index contributed by atoms with van der Waals surface area (Å²) < 4.78 is 6.41. The number of ether oxygens (including phenoxy) is 1. The molecule has 0 bridgehead atoms. The SMILES string of the molecule is COC(=O)c1ccn(C)c1C(O)c1ccc(Cl)cc1. The molecule has 1 aromatic heterocycles. The minimum Gasteiger partial charge on any atom is -0.465 e. The lowest BCUT2D eigenvalue weighted by Crippen LogP contribution is -2.12. The fourth-order valence-electron chi connectivity index (χ4n) is 1.97. The van der Waals surface area contributed by atoms with Crippen molar-refractivity contribution in [2.24, 2.45) is 7.05 Å². The zero-order chi connectivity index (χ0) is 14.0. The second-order valence-corrected chi connectivity index (χ2v) is 4.61. The van der Waals surface area contributed by atoms with Gasteiger partial charge in [-0.2, -0.15) is 0 Å². The highest BCUT2D eigenvalue weighted by Crippen LogP contribution is 2.26. The maximum absolute atomic E-state index is 11.7. The molecule has 0 fully saturated rings. The molecule has 1 heterocycles. The number of rotatable bonds is 3. The summed E-state index contributed by atoms with van der Waals surface area (Å²) in [5.74, 6) is -0.469. The number of benzene rings is 1. The largest absolute Gasteiger partial charge is 0.465 e. The van der Waals surface area contributed by atoms with E-state index in [1.165, 1.54) is 7.11 Å². The lowest BCUT2D eigenvalue weighted by atomic mass is 10.0. The Morgan fingerprint density at radius 2 is 1.95 bits per heavy atom. The summed E-state index contributed by atoms with van der Waals surface area (Å²) in [6.45, 7) is 0. The van der Waals surface area contributed by atoms with Crippen LogP contribution in [0.1, 0.15) is 27.7 Å². The summed E-state index contributed by atoms with van der Waals surface area (Å²) in [7, 11) is 3.08. The van der Waals surface area contributed by atoms with Crippen molar-refractivity contribution in [1.82, 2.24) is 4.57 Å². The average Bonchev–Trinajstić information content (AvgIpc) is 2.80. The van der Waals surface area contributed by atoms with Crippen LogP contribution in [0.15, 0.2) is 36.5 Å². The maximum atomic E-state index is 11.7. The first-order chi connectivity index (χ1) is 9.04. The Balaban J connectivity index is 2.43. The fraction of sp³-hybridized carbons (Fsp3) is 0.214. The van der Waals surface area contributed by atoms with Gasteiger partial charge >= 0.3 is 5.97 Å². The Morgan fingerprint density at radius 3 is 2.53 bits per heavy atom. The van der Waals surface area contributed by atoms with Crippen LogP contribution in [0, 0.1) is 0 Å². The highest BCUT2D eigenvalue weighted by molar-refractivity contribution is 6.30. The number of carbonyl (C=O) groups is 1. The Kier molecular flexibility index (Phi) is 3.93. The molecule has 1 N–H and O–H groups in total.